The van der Waals surface area contributed by atoms with Crippen LogP contribution in [0.15, 0.2) is 33.2 Å². The second kappa shape index (κ2) is 5.04. The first-order valence-corrected chi connectivity index (χ1v) is 7.46. The lowest BCUT2D eigenvalue weighted by Gasteiger charge is -2.03. The normalized spacial score (nSPS) is 10.6. The molecule has 0 atom stereocenters. The fourth-order valence-electron chi connectivity index (χ4n) is 1.67. The van der Waals surface area contributed by atoms with Gasteiger partial charge in [-0.2, -0.15) is 0 Å². The summed E-state index contributed by atoms with van der Waals surface area (Å²) in [6.07, 6.45) is 0. The average molecular weight is 374 g/mol. The van der Waals surface area contributed by atoms with Crippen molar-refractivity contribution in [2.45, 2.75) is 13.8 Å². The zero-order valence-electron chi connectivity index (χ0n) is 9.38. The Balaban J connectivity index is 2.47. The molecule has 0 aliphatic carbocycles. The van der Waals surface area contributed by atoms with Crippen molar-refractivity contribution in [1.82, 2.24) is 0 Å². The molecule has 0 N–H and O–H groups in total. The molecule has 1 heterocycles. The van der Waals surface area contributed by atoms with Gasteiger partial charge in [0.2, 0.25) is 0 Å². The number of rotatable bonds is 2. The zero-order chi connectivity index (χ0) is 12.6. The Morgan fingerprint density at radius 2 is 1.82 bits per heavy atom. The molecule has 1 aromatic carbocycles. The number of halogens is 2. The summed E-state index contributed by atoms with van der Waals surface area (Å²) in [5, 5.41) is 0. The molecule has 4 heteroatoms. The molecule has 1 aromatic heterocycles. The maximum Gasteiger partial charge on any atom is 0.195 e. The van der Waals surface area contributed by atoms with Crippen molar-refractivity contribution in [2.75, 3.05) is 0 Å². The minimum atomic E-state index is 0.0752. The van der Waals surface area contributed by atoms with E-state index in [1.165, 1.54) is 4.88 Å². The SMILES string of the molecule is Cc1cc(C(=O)c2ccc(Br)cc2Br)c(C)s1. The van der Waals surface area contributed by atoms with Crippen molar-refractivity contribution in [3.63, 3.8) is 0 Å². The van der Waals surface area contributed by atoms with E-state index in [9.17, 15) is 4.79 Å². The Bertz CT molecular complexity index is 587. The first kappa shape index (κ1) is 13.0. The molecule has 17 heavy (non-hydrogen) atoms. The number of ketones is 1. The average Bonchev–Trinajstić information content (AvgIpc) is 2.57. The summed E-state index contributed by atoms with van der Waals surface area (Å²) in [7, 11) is 0. The number of hydrogen-bond donors (Lipinski definition) is 0. The van der Waals surface area contributed by atoms with Gasteiger partial charge < -0.3 is 0 Å². The van der Waals surface area contributed by atoms with Crippen LogP contribution in [0.1, 0.15) is 25.7 Å². The fraction of sp³-hybridized carbons (Fsp3) is 0.154. The van der Waals surface area contributed by atoms with Crippen LogP contribution in [0.5, 0.6) is 0 Å². The third-order valence-electron chi connectivity index (χ3n) is 2.46. The summed E-state index contributed by atoms with van der Waals surface area (Å²) < 4.78 is 1.78. The third-order valence-corrected chi connectivity index (χ3v) is 4.58. The van der Waals surface area contributed by atoms with E-state index >= 15 is 0 Å². The van der Waals surface area contributed by atoms with Crippen LogP contribution in [0.2, 0.25) is 0 Å². The van der Waals surface area contributed by atoms with Crippen molar-refractivity contribution in [1.29, 1.82) is 0 Å². The molecule has 0 aliphatic rings. The van der Waals surface area contributed by atoms with Gasteiger partial charge in [-0.15, -0.1) is 11.3 Å². The quantitative estimate of drug-likeness (QED) is 0.667. The molecule has 0 saturated carbocycles. The van der Waals surface area contributed by atoms with Gasteiger partial charge in [0, 0.05) is 29.8 Å². The van der Waals surface area contributed by atoms with Crippen molar-refractivity contribution >= 4 is 49.0 Å². The van der Waals surface area contributed by atoms with E-state index in [0.29, 0.717) is 5.56 Å². The Labute approximate surface area is 121 Å². The van der Waals surface area contributed by atoms with Crippen LogP contribution in [0.4, 0.5) is 0 Å². The van der Waals surface area contributed by atoms with Gasteiger partial charge in [0.1, 0.15) is 0 Å². The summed E-state index contributed by atoms with van der Waals surface area (Å²) in [5.41, 5.74) is 1.50. The van der Waals surface area contributed by atoms with Gasteiger partial charge >= 0.3 is 0 Å². The number of benzene rings is 1. The van der Waals surface area contributed by atoms with Gasteiger partial charge in [-0.05, 0) is 54.0 Å². The Morgan fingerprint density at radius 1 is 1.12 bits per heavy atom. The maximum atomic E-state index is 12.4. The van der Waals surface area contributed by atoms with Gasteiger partial charge in [0.05, 0.1) is 0 Å². The summed E-state index contributed by atoms with van der Waals surface area (Å²) in [6, 6.07) is 7.56. The zero-order valence-corrected chi connectivity index (χ0v) is 13.4. The monoisotopic (exact) mass is 372 g/mol. The lowest BCUT2D eigenvalue weighted by Crippen LogP contribution is -2.02. The summed E-state index contributed by atoms with van der Waals surface area (Å²) in [6.45, 7) is 4.00. The molecule has 2 rings (SSSR count). The van der Waals surface area contributed by atoms with Gasteiger partial charge in [-0.1, -0.05) is 15.9 Å². The molecule has 0 radical (unpaired) electrons. The van der Waals surface area contributed by atoms with E-state index < -0.39 is 0 Å². The molecule has 0 bridgehead atoms. The van der Waals surface area contributed by atoms with Crippen LogP contribution in [0, 0.1) is 13.8 Å². The lowest BCUT2D eigenvalue weighted by molar-refractivity contribution is 0.103. The lowest BCUT2D eigenvalue weighted by atomic mass is 10.0. The van der Waals surface area contributed by atoms with Gasteiger partial charge in [0.15, 0.2) is 5.78 Å². The molecule has 1 nitrogen and oxygen atoms in total. The number of aryl methyl sites for hydroxylation is 2. The number of thiophene rings is 1. The van der Waals surface area contributed by atoms with Gasteiger partial charge in [-0.3, -0.25) is 4.79 Å². The van der Waals surface area contributed by atoms with Crippen molar-refractivity contribution < 1.29 is 4.79 Å². The minimum absolute atomic E-state index is 0.0752. The number of hydrogen-bond acceptors (Lipinski definition) is 2. The smallest absolute Gasteiger partial charge is 0.195 e. The van der Waals surface area contributed by atoms with Crippen molar-refractivity contribution in [3.05, 3.63) is 54.1 Å². The second-order valence-electron chi connectivity index (χ2n) is 3.78. The van der Waals surface area contributed by atoms with Crippen LogP contribution >= 0.6 is 43.2 Å². The second-order valence-corrected chi connectivity index (χ2v) is 7.01. The summed E-state index contributed by atoms with van der Waals surface area (Å²) >= 11 is 8.47. The van der Waals surface area contributed by atoms with E-state index in [4.69, 9.17) is 0 Å². The van der Waals surface area contributed by atoms with E-state index in [2.05, 4.69) is 31.9 Å². The first-order valence-electron chi connectivity index (χ1n) is 5.06. The van der Waals surface area contributed by atoms with Crippen LogP contribution in [0.3, 0.4) is 0 Å². The highest BCUT2D eigenvalue weighted by molar-refractivity contribution is 9.11. The molecule has 0 aliphatic heterocycles. The Morgan fingerprint density at radius 3 is 2.35 bits per heavy atom. The number of carbonyl (C=O) groups excluding carboxylic acids is 1. The first-order chi connectivity index (χ1) is 7.99. The van der Waals surface area contributed by atoms with Gasteiger partial charge in [-0.25, -0.2) is 0 Å². The van der Waals surface area contributed by atoms with E-state index in [0.717, 1.165) is 19.4 Å². The van der Waals surface area contributed by atoms with Crippen LogP contribution in [-0.4, -0.2) is 5.78 Å². The highest BCUT2D eigenvalue weighted by Gasteiger charge is 2.16. The molecule has 88 valence electrons. The Hall–Kier alpha value is -0.450. The number of carbonyl (C=O) groups is 1. The molecule has 0 amide bonds. The summed E-state index contributed by atoms with van der Waals surface area (Å²) in [5.74, 6) is 0.0752. The van der Waals surface area contributed by atoms with E-state index in [-0.39, 0.29) is 5.78 Å². The predicted octanol–water partition coefficient (Wildman–Crippen LogP) is 5.12. The summed E-state index contributed by atoms with van der Waals surface area (Å²) in [4.78, 5) is 14.6. The molecular formula is C13H10Br2OS. The standard InChI is InChI=1S/C13H10Br2OS/c1-7-5-11(8(2)17-7)13(16)10-4-3-9(14)6-12(10)15/h3-6H,1-2H3. The minimum Gasteiger partial charge on any atom is -0.289 e. The van der Waals surface area contributed by atoms with Crippen LogP contribution in [-0.2, 0) is 0 Å². The highest BCUT2D eigenvalue weighted by Crippen LogP contribution is 2.28. The van der Waals surface area contributed by atoms with Crippen LogP contribution in [0.25, 0.3) is 0 Å². The molecule has 0 saturated heterocycles. The van der Waals surface area contributed by atoms with Crippen LogP contribution < -0.4 is 0 Å². The molecule has 0 fully saturated rings. The van der Waals surface area contributed by atoms with E-state index in [1.54, 1.807) is 11.3 Å². The molecule has 0 spiro atoms. The topological polar surface area (TPSA) is 17.1 Å². The fourth-order valence-corrected chi connectivity index (χ4v) is 3.82. The molecule has 2 aromatic rings. The predicted molar refractivity (Wildman–Crippen MR) is 79.1 cm³/mol. The maximum absolute atomic E-state index is 12.4. The van der Waals surface area contributed by atoms with Gasteiger partial charge in [0.25, 0.3) is 0 Å². The highest BCUT2D eigenvalue weighted by atomic mass is 79.9. The largest absolute Gasteiger partial charge is 0.289 e. The van der Waals surface area contributed by atoms with Crippen molar-refractivity contribution in [2.24, 2.45) is 0 Å². The van der Waals surface area contributed by atoms with E-state index in [1.807, 2.05) is 38.1 Å². The third kappa shape index (κ3) is 2.69. The molecule has 0 unspecified atom stereocenters. The Kier molecular flexibility index (Phi) is 3.85. The molecular weight excluding hydrogens is 364 g/mol. The van der Waals surface area contributed by atoms with Crippen molar-refractivity contribution in [3.8, 4) is 0 Å².